The minimum Gasteiger partial charge on any atom is -0.298 e. The van der Waals surface area contributed by atoms with Crippen LogP contribution in [0.15, 0.2) is 18.2 Å². The summed E-state index contributed by atoms with van der Waals surface area (Å²) in [5, 5.41) is 0. The highest BCUT2D eigenvalue weighted by molar-refractivity contribution is 5.77. The van der Waals surface area contributed by atoms with E-state index in [1.807, 2.05) is 19.1 Å². The van der Waals surface area contributed by atoms with Gasteiger partial charge in [0, 0.05) is 5.56 Å². The van der Waals surface area contributed by atoms with E-state index in [9.17, 15) is 4.79 Å². The van der Waals surface area contributed by atoms with Crippen molar-refractivity contribution in [3.8, 4) is 0 Å². The third-order valence-electron chi connectivity index (χ3n) is 2.00. The van der Waals surface area contributed by atoms with Crippen LogP contribution in [0.25, 0.3) is 0 Å². The second-order valence-corrected chi connectivity index (χ2v) is 2.60. The first kappa shape index (κ1) is 7.99. The number of benzene rings is 1. The van der Waals surface area contributed by atoms with Crippen LogP contribution in [0.5, 0.6) is 0 Å². The molecule has 1 rings (SSSR count). The second-order valence-electron chi connectivity index (χ2n) is 2.60. The number of carbonyl (C=O) groups excluding carboxylic acids is 1. The summed E-state index contributed by atoms with van der Waals surface area (Å²) in [6.07, 6.45) is 1.90. The maximum atomic E-state index is 10.5. The van der Waals surface area contributed by atoms with Crippen LogP contribution in [0.1, 0.15) is 28.4 Å². The van der Waals surface area contributed by atoms with E-state index in [0.717, 1.165) is 23.8 Å². The molecule has 0 aliphatic rings. The maximum absolute atomic E-state index is 10.5. The van der Waals surface area contributed by atoms with Gasteiger partial charge in [0.25, 0.3) is 0 Å². The molecule has 0 radical (unpaired) electrons. The molecule has 1 heteroatoms. The van der Waals surface area contributed by atoms with Crippen molar-refractivity contribution in [3.05, 3.63) is 34.9 Å². The van der Waals surface area contributed by atoms with Crippen LogP contribution >= 0.6 is 0 Å². The number of hydrogen-bond donors (Lipinski definition) is 0. The Kier molecular flexibility index (Phi) is 2.42. The number of aryl methyl sites for hydroxylation is 1. The summed E-state index contributed by atoms with van der Waals surface area (Å²) in [5.41, 5.74) is 3.18. The van der Waals surface area contributed by atoms with Crippen LogP contribution in [-0.2, 0) is 6.42 Å². The molecule has 0 saturated heterocycles. The first-order chi connectivity index (χ1) is 5.29. The first-order valence-electron chi connectivity index (χ1n) is 3.83. The van der Waals surface area contributed by atoms with E-state index < -0.39 is 0 Å². The molecule has 1 nitrogen and oxygen atoms in total. The lowest BCUT2D eigenvalue weighted by molar-refractivity contribution is 0.112. The van der Waals surface area contributed by atoms with E-state index in [2.05, 4.69) is 13.0 Å². The smallest absolute Gasteiger partial charge is 0.150 e. The summed E-state index contributed by atoms with van der Waals surface area (Å²) >= 11 is 0. The Morgan fingerprint density at radius 1 is 1.45 bits per heavy atom. The average molecular weight is 148 g/mol. The fourth-order valence-corrected chi connectivity index (χ4v) is 1.21. The van der Waals surface area contributed by atoms with Crippen molar-refractivity contribution in [1.82, 2.24) is 0 Å². The molecule has 58 valence electrons. The quantitative estimate of drug-likeness (QED) is 0.588. The zero-order valence-electron chi connectivity index (χ0n) is 6.92. The molecular formula is C10H12O. The highest BCUT2D eigenvalue weighted by atomic mass is 16.1. The van der Waals surface area contributed by atoms with E-state index in [0.29, 0.717) is 0 Å². The summed E-state index contributed by atoms with van der Waals surface area (Å²) in [4.78, 5) is 10.5. The van der Waals surface area contributed by atoms with Crippen molar-refractivity contribution in [3.63, 3.8) is 0 Å². The largest absolute Gasteiger partial charge is 0.298 e. The van der Waals surface area contributed by atoms with Crippen LogP contribution in [0.2, 0.25) is 0 Å². The molecule has 1 aromatic carbocycles. The Labute approximate surface area is 67.1 Å². The normalized spacial score (nSPS) is 9.64. The molecule has 0 saturated carbocycles. The van der Waals surface area contributed by atoms with Crippen molar-refractivity contribution >= 4 is 6.29 Å². The zero-order chi connectivity index (χ0) is 8.27. The third-order valence-corrected chi connectivity index (χ3v) is 2.00. The number of carbonyl (C=O) groups is 1. The predicted molar refractivity (Wildman–Crippen MR) is 45.9 cm³/mol. The van der Waals surface area contributed by atoms with Gasteiger partial charge in [0.1, 0.15) is 6.29 Å². The average Bonchev–Trinajstić information content (AvgIpc) is 2.05. The number of aldehydes is 1. The van der Waals surface area contributed by atoms with Gasteiger partial charge in [-0.05, 0) is 24.5 Å². The standard InChI is InChI=1S/C10H12O/c1-3-9-5-4-6-10(7-11)8(9)2/h4-7H,3H2,1-2H3. The van der Waals surface area contributed by atoms with Gasteiger partial charge in [0.05, 0.1) is 0 Å². The molecule has 0 aliphatic carbocycles. The molecule has 0 fully saturated rings. The number of hydrogen-bond acceptors (Lipinski definition) is 1. The van der Waals surface area contributed by atoms with E-state index in [4.69, 9.17) is 0 Å². The van der Waals surface area contributed by atoms with Gasteiger partial charge in [-0.15, -0.1) is 0 Å². The third kappa shape index (κ3) is 1.48. The Hall–Kier alpha value is -1.11. The molecule has 0 spiro atoms. The van der Waals surface area contributed by atoms with Crippen molar-refractivity contribution in [2.75, 3.05) is 0 Å². The van der Waals surface area contributed by atoms with Gasteiger partial charge in [-0.3, -0.25) is 4.79 Å². The van der Waals surface area contributed by atoms with Gasteiger partial charge >= 0.3 is 0 Å². The highest BCUT2D eigenvalue weighted by Gasteiger charge is 1.99. The molecule has 0 bridgehead atoms. The SMILES string of the molecule is CCc1cccc(C=O)c1C. The highest BCUT2D eigenvalue weighted by Crippen LogP contribution is 2.11. The van der Waals surface area contributed by atoms with Gasteiger partial charge in [0.15, 0.2) is 0 Å². The summed E-state index contributed by atoms with van der Waals surface area (Å²) in [6.45, 7) is 4.08. The van der Waals surface area contributed by atoms with Crippen LogP contribution in [0.3, 0.4) is 0 Å². The molecule has 1 aromatic rings. The van der Waals surface area contributed by atoms with E-state index in [1.165, 1.54) is 5.56 Å². The lowest BCUT2D eigenvalue weighted by Gasteiger charge is -2.03. The molecule has 0 aromatic heterocycles. The predicted octanol–water partition coefficient (Wildman–Crippen LogP) is 2.37. The van der Waals surface area contributed by atoms with Crippen molar-refractivity contribution in [2.45, 2.75) is 20.3 Å². The molecule has 0 aliphatic heterocycles. The van der Waals surface area contributed by atoms with Gasteiger partial charge < -0.3 is 0 Å². The second kappa shape index (κ2) is 3.33. The maximum Gasteiger partial charge on any atom is 0.150 e. The number of rotatable bonds is 2. The van der Waals surface area contributed by atoms with E-state index in [-0.39, 0.29) is 0 Å². The Morgan fingerprint density at radius 2 is 2.18 bits per heavy atom. The minimum atomic E-state index is 0.810. The van der Waals surface area contributed by atoms with Gasteiger partial charge in [-0.1, -0.05) is 25.1 Å². The van der Waals surface area contributed by atoms with Crippen molar-refractivity contribution in [1.29, 1.82) is 0 Å². The lowest BCUT2D eigenvalue weighted by Crippen LogP contribution is -1.91. The monoisotopic (exact) mass is 148 g/mol. The van der Waals surface area contributed by atoms with Crippen LogP contribution < -0.4 is 0 Å². The molecular weight excluding hydrogens is 136 g/mol. The van der Waals surface area contributed by atoms with Crippen LogP contribution in [-0.4, -0.2) is 6.29 Å². The van der Waals surface area contributed by atoms with E-state index in [1.54, 1.807) is 0 Å². The topological polar surface area (TPSA) is 17.1 Å². The Bertz CT molecular complexity index is 264. The first-order valence-corrected chi connectivity index (χ1v) is 3.83. The molecule has 0 heterocycles. The minimum absolute atomic E-state index is 0.810. The zero-order valence-corrected chi connectivity index (χ0v) is 6.92. The molecule has 0 amide bonds. The van der Waals surface area contributed by atoms with Crippen molar-refractivity contribution in [2.24, 2.45) is 0 Å². The van der Waals surface area contributed by atoms with Crippen molar-refractivity contribution < 1.29 is 4.79 Å². The Balaban J connectivity index is 3.20. The van der Waals surface area contributed by atoms with Crippen LogP contribution in [0, 0.1) is 6.92 Å². The molecule has 0 unspecified atom stereocenters. The Morgan fingerprint density at radius 3 is 2.73 bits per heavy atom. The lowest BCUT2D eigenvalue weighted by atomic mass is 10.0. The van der Waals surface area contributed by atoms with Gasteiger partial charge in [-0.2, -0.15) is 0 Å². The molecule has 0 atom stereocenters. The van der Waals surface area contributed by atoms with Gasteiger partial charge in [-0.25, -0.2) is 0 Å². The van der Waals surface area contributed by atoms with E-state index >= 15 is 0 Å². The fraction of sp³-hybridized carbons (Fsp3) is 0.300. The summed E-state index contributed by atoms with van der Waals surface area (Å²) in [7, 11) is 0. The summed E-state index contributed by atoms with van der Waals surface area (Å²) < 4.78 is 0. The van der Waals surface area contributed by atoms with Gasteiger partial charge in [0.2, 0.25) is 0 Å². The fourth-order valence-electron chi connectivity index (χ4n) is 1.21. The molecule has 0 N–H and O–H groups in total. The van der Waals surface area contributed by atoms with Crippen LogP contribution in [0.4, 0.5) is 0 Å². The molecule has 11 heavy (non-hydrogen) atoms. The summed E-state index contributed by atoms with van der Waals surface area (Å²) in [5.74, 6) is 0. The summed E-state index contributed by atoms with van der Waals surface area (Å²) in [6, 6.07) is 5.83.